The van der Waals surface area contributed by atoms with Gasteiger partial charge in [0, 0.05) is 12.6 Å². The Labute approximate surface area is 132 Å². The van der Waals surface area contributed by atoms with E-state index < -0.39 is 10.0 Å². The standard InChI is InChI=1S/C12H11Cl3N2O2S/c1-3-12-16-7(2)6-17(12)20(18,19)11-5-9(14)8(13)4-10(11)15/h4-6H,3H2,1-2H3. The molecule has 1 heterocycles. The van der Waals surface area contributed by atoms with Crippen molar-refractivity contribution in [3.63, 3.8) is 0 Å². The smallest absolute Gasteiger partial charge is 0.238 e. The molecule has 0 radical (unpaired) electrons. The molecular formula is C12H11Cl3N2O2S. The van der Waals surface area contributed by atoms with Gasteiger partial charge in [-0.2, -0.15) is 0 Å². The Bertz CT molecular complexity index is 769. The minimum Gasteiger partial charge on any atom is -0.238 e. The van der Waals surface area contributed by atoms with E-state index in [0.29, 0.717) is 17.9 Å². The highest BCUT2D eigenvalue weighted by molar-refractivity contribution is 7.90. The summed E-state index contributed by atoms with van der Waals surface area (Å²) in [5.41, 5.74) is 0.613. The van der Waals surface area contributed by atoms with Gasteiger partial charge in [0.15, 0.2) is 0 Å². The maximum Gasteiger partial charge on any atom is 0.270 e. The molecule has 0 atom stereocenters. The second-order valence-electron chi connectivity index (χ2n) is 4.15. The fourth-order valence-electron chi connectivity index (χ4n) is 1.78. The molecular weight excluding hydrogens is 343 g/mol. The summed E-state index contributed by atoms with van der Waals surface area (Å²) in [4.78, 5) is 4.08. The van der Waals surface area contributed by atoms with Gasteiger partial charge in [-0.3, -0.25) is 0 Å². The second-order valence-corrected chi connectivity index (χ2v) is 7.15. The Morgan fingerprint density at radius 2 is 1.75 bits per heavy atom. The fourth-order valence-corrected chi connectivity index (χ4v) is 4.20. The van der Waals surface area contributed by atoms with Crippen molar-refractivity contribution in [3.8, 4) is 0 Å². The number of hydrogen-bond acceptors (Lipinski definition) is 3. The third kappa shape index (κ3) is 2.68. The van der Waals surface area contributed by atoms with Gasteiger partial charge >= 0.3 is 0 Å². The lowest BCUT2D eigenvalue weighted by molar-refractivity contribution is 0.584. The Kier molecular flexibility index (Phi) is 4.35. The van der Waals surface area contributed by atoms with Crippen molar-refractivity contribution < 1.29 is 8.42 Å². The molecule has 0 fully saturated rings. The molecule has 1 aromatic carbocycles. The van der Waals surface area contributed by atoms with Gasteiger partial charge in [0.1, 0.15) is 10.7 Å². The Morgan fingerprint density at radius 3 is 2.35 bits per heavy atom. The highest BCUT2D eigenvalue weighted by Gasteiger charge is 2.24. The van der Waals surface area contributed by atoms with E-state index in [2.05, 4.69) is 4.98 Å². The molecule has 0 saturated carbocycles. The number of benzene rings is 1. The quantitative estimate of drug-likeness (QED) is 0.785. The van der Waals surface area contributed by atoms with E-state index >= 15 is 0 Å². The molecule has 2 rings (SSSR count). The number of aryl methyl sites for hydroxylation is 2. The predicted molar refractivity (Wildman–Crippen MR) is 80.4 cm³/mol. The predicted octanol–water partition coefficient (Wildman–Crippen LogP) is 3.95. The molecule has 8 heteroatoms. The summed E-state index contributed by atoms with van der Waals surface area (Å²) in [7, 11) is -3.85. The van der Waals surface area contributed by atoms with Gasteiger partial charge in [-0.05, 0) is 19.1 Å². The molecule has 2 aromatic rings. The zero-order valence-electron chi connectivity index (χ0n) is 10.7. The summed E-state index contributed by atoms with van der Waals surface area (Å²) in [5.74, 6) is 0.435. The van der Waals surface area contributed by atoms with Crippen LogP contribution < -0.4 is 0 Å². The molecule has 0 amide bonds. The van der Waals surface area contributed by atoms with E-state index in [-0.39, 0.29) is 20.0 Å². The molecule has 1 aromatic heterocycles. The van der Waals surface area contributed by atoms with Crippen LogP contribution in [0, 0.1) is 6.92 Å². The van der Waals surface area contributed by atoms with Crippen LogP contribution in [-0.4, -0.2) is 17.4 Å². The van der Waals surface area contributed by atoms with Crippen molar-refractivity contribution >= 4 is 44.8 Å². The van der Waals surface area contributed by atoms with Gasteiger partial charge in [0.05, 0.1) is 20.8 Å². The molecule has 4 nitrogen and oxygen atoms in total. The lowest BCUT2D eigenvalue weighted by Gasteiger charge is -2.10. The summed E-state index contributed by atoms with van der Waals surface area (Å²) >= 11 is 17.7. The van der Waals surface area contributed by atoms with Gasteiger partial charge in [0.25, 0.3) is 10.0 Å². The third-order valence-corrected chi connectivity index (χ3v) is 5.57. The lowest BCUT2D eigenvalue weighted by atomic mass is 10.4. The van der Waals surface area contributed by atoms with Crippen LogP contribution in [0.1, 0.15) is 18.4 Å². The number of nitrogens with zero attached hydrogens (tertiary/aromatic N) is 2. The molecule has 0 spiro atoms. The number of rotatable bonds is 3. The fraction of sp³-hybridized carbons (Fsp3) is 0.250. The largest absolute Gasteiger partial charge is 0.270 e. The maximum atomic E-state index is 12.6. The zero-order chi connectivity index (χ0) is 15.1. The summed E-state index contributed by atoms with van der Waals surface area (Å²) in [5, 5.41) is 0.352. The van der Waals surface area contributed by atoms with Gasteiger partial charge in [0.2, 0.25) is 0 Å². The molecule has 0 N–H and O–H groups in total. The number of halogens is 3. The van der Waals surface area contributed by atoms with Crippen LogP contribution in [0.25, 0.3) is 0 Å². The summed E-state index contributed by atoms with van der Waals surface area (Å²) in [6.45, 7) is 3.55. The van der Waals surface area contributed by atoms with E-state index in [1.807, 2.05) is 6.92 Å². The van der Waals surface area contributed by atoms with Crippen LogP contribution in [0.5, 0.6) is 0 Å². The topological polar surface area (TPSA) is 52.0 Å². The van der Waals surface area contributed by atoms with Crippen molar-refractivity contribution in [2.24, 2.45) is 0 Å². The summed E-state index contributed by atoms with van der Waals surface area (Å²) in [6, 6.07) is 2.56. The molecule has 0 aliphatic carbocycles. The summed E-state index contributed by atoms with van der Waals surface area (Å²) in [6.07, 6.45) is 1.93. The molecule has 0 saturated heterocycles. The Hall–Kier alpha value is -0.750. The lowest BCUT2D eigenvalue weighted by Crippen LogP contribution is -2.15. The van der Waals surface area contributed by atoms with Crippen molar-refractivity contribution in [2.75, 3.05) is 0 Å². The molecule has 0 bridgehead atoms. The van der Waals surface area contributed by atoms with Crippen molar-refractivity contribution in [1.82, 2.24) is 8.96 Å². The van der Waals surface area contributed by atoms with Crippen molar-refractivity contribution in [1.29, 1.82) is 0 Å². The van der Waals surface area contributed by atoms with Gasteiger partial charge in [-0.25, -0.2) is 17.4 Å². The van der Waals surface area contributed by atoms with E-state index in [9.17, 15) is 8.42 Å². The van der Waals surface area contributed by atoms with E-state index in [4.69, 9.17) is 34.8 Å². The minimum atomic E-state index is -3.85. The molecule has 108 valence electrons. The first-order valence-corrected chi connectivity index (χ1v) is 8.29. The monoisotopic (exact) mass is 352 g/mol. The zero-order valence-corrected chi connectivity index (χ0v) is 13.8. The van der Waals surface area contributed by atoms with Crippen LogP contribution in [-0.2, 0) is 16.4 Å². The van der Waals surface area contributed by atoms with Crippen molar-refractivity contribution in [3.05, 3.63) is 44.9 Å². The first kappa shape index (κ1) is 15.6. The van der Waals surface area contributed by atoms with Gasteiger partial charge in [-0.1, -0.05) is 41.7 Å². The normalized spacial score (nSPS) is 11.8. The second kappa shape index (κ2) is 5.56. The maximum absolute atomic E-state index is 12.6. The Balaban J connectivity index is 2.70. The number of imidazole rings is 1. The first-order valence-electron chi connectivity index (χ1n) is 5.72. The number of hydrogen-bond donors (Lipinski definition) is 0. The molecule has 20 heavy (non-hydrogen) atoms. The average molecular weight is 354 g/mol. The van der Waals surface area contributed by atoms with Crippen LogP contribution in [0.4, 0.5) is 0 Å². The van der Waals surface area contributed by atoms with Crippen LogP contribution in [0.15, 0.2) is 23.2 Å². The molecule has 0 unspecified atom stereocenters. The van der Waals surface area contributed by atoms with E-state index in [0.717, 1.165) is 3.97 Å². The highest BCUT2D eigenvalue weighted by atomic mass is 35.5. The summed E-state index contributed by atoms with van der Waals surface area (Å²) < 4.78 is 26.4. The first-order chi connectivity index (χ1) is 9.27. The van der Waals surface area contributed by atoms with E-state index in [1.165, 1.54) is 18.3 Å². The van der Waals surface area contributed by atoms with Crippen molar-refractivity contribution in [2.45, 2.75) is 25.2 Å². The van der Waals surface area contributed by atoms with Gasteiger partial charge < -0.3 is 0 Å². The van der Waals surface area contributed by atoms with E-state index in [1.54, 1.807) is 6.92 Å². The van der Waals surface area contributed by atoms with Gasteiger partial charge in [-0.15, -0.1) is 0 Å². The average Bonchev–Trinajstić information content (AvgIpc) is 2.75. The highest BCUT2D eigenvalue weighted by Crippen LogP contribution is 2.33. The number of aromatic nitrogens is 2. The molecule has 0 aliphatic rings. The minimum absolute atomic E-state index is 0.0211. The van der Waals surface area contributed by atoms with Crippen LogP contribution >= 0.6 is 34.8 Å². The third-order valence-electron chi connectivity index (χ3n) is 2.69. The SMILES string of the molecule is CCc1nc(C)cn1S(=O)(=O)c1cc(Cl)c(Cl)cc1Cl. The Morgan fingerprint density at radius 1 is 1.15 bits per heavy atom. The van der Waals surface area contributed by atoms with Crippen LogP contribution in [0.3, 0.4) is 0 Å². The molecule has 0 aliphatic heterocycles. The van der Waals surface area contributed by atoms with Crippen LogP contribution in [0.2, 0.25) is 15.1 Å².